The minimum atomic E-state index is -0.109. The second-order valence-corrected chi connectivity index (χ2v) is 10.3. The van der Waals surface area contributed by atoms with Gasteiger partial charge in [0.25, 0.3) is 5.56 Å². The first-order chi connectivity index (χ1) is 16.0. The minimum Gasteiger partial charge on any atom is -0.383 e. The van der Waals surface area contributed by atoms with Gasteiger partial charge in [-0.1, -0.05) is 31.5 Å². The summed E-state index contributed by atoms with van der Waals surface area (Å²) >= 11 is 7.70. The molecule has 0 aliphatic heterocycles. The highest BCUT2D eigenvalue weighted by molar-refractivity contribution is 7.25. The van der Waals surface area contributed by atoms with Crippen molar-refractivity contribution < 1.29 is 4.74 Å². The Kier molecular flexibility index (Phi) is 6.12. The molecule has 0 fully saturated rings. The van der Waals surface area contributed by atoms with Crippen molar-refractivity contribution in [3.63, 3.8) is 0 Å². The molecule has 6 nitrogen and oxygen atoms in total. The first kappa shape index (κ1) is 22.3. The number of nitrogens with one attached hydrogen (secondary N) is 1. The Bertz CT molecular complexity index is 1410. The van der Waals surface area contributed by atoms with E-state index in [9.17, 15) is 4.79 Å². The number of anilines is 1. The van der Waals surface area contributed by atoms with E-state index in [0.29, 0.717) is 40.4 Å². The van der Waals surface area contributed by atoms with Gasteiger partial charge in [-0.25, -0.2) is 14.5 Å². The van der Waals surface area contributed by atoms with Crippen LogP contribution in [0.2, 0.25) is 5.02 Å². The van der Waals surface area contributed by atoms with E-state index in [2.05, 4.69) is 19.2 Å². The van der Waals surface area contributed by atoms with Crippen LogP contribution in [0.5, 0.6) is 0 Å². The van der Waals surface area contributed by atoms with E-state index in [1.54, 1.807) is 23.8 Å². The summed E-state index contributed by atoms with van der Waals surface area (Å²) in [6.45, 7) is 5.48. The van der Waals surface area contributed by atoms with Crippen LogP contribution >= 0.6 is 22.9 Å². The van der Waals surface area contributed by atoms with Gasteiger partial charge in [-0.3, -0.25) is 4.79 Å². The highest BCUT2D eigenvalue weighted by atomic mass is 35.5. The highest BCUT2D eigenvalue weighted by Crippen LogP contribution is 2.39. The molecule has 33 heavy (non-hydrogen) atoms. The predicted octanol–water partition coefficient (Wildman–Crippen LogP) is 5.39. The zero-order valence-corrected chi connectivity index (χ0v) is 20.6. The van der Waals surface area contributed by atoms with Crippen molar-refractivity contribution in [1.29, 1.82) is 0 Å². The standard InChI is InChI=1S/C25H27ClN4O2S/c1-14(2)12-19-17-8-5-9-18(17)20-21-22(33-23(20)28-19)24(31)30(16-7-4-6-15(26)13-16)25(29-21)27-10-11-32-3/h4,6-7,13-14H,5,8-12H2,1-3H3,(H,27,29). The second kappa shape index (κ2) is 9.05. The summed E-state index contributed by atoms with van der Waals surface area (Å²) in [7, 11) is 1.65. The number of thiophene rings is 1. The Morgan fingerprint density at radius 3 is 2.82 bits per heavy atom. The molecule has 0 saturated heterocycles. The molecule has 1 aliphatic carbocycles. The number of rotatable bonds is 7. The van der Waals surface area contributed by atoms with Crippen LogP contribution < -0.4 is 10.9 Å². The molecule has 0 atom stereocenters. The lowest BCUT2D eigenvalue weighted by molar-refractivity contribution is 0.210. The van der Waals surface area contributed by atoms with Crippen molar-refractivity contribution in [3.05, 3.63) is 56.5 Å². The number of methoxy groups -OCH3 is 1. The molecule has 8 heteroatoms. The molecule has 5 rings (SSSR count). The number of nitrogens with zero attached hydrogens (tertiary/aromatic N) is 3. The second-order valence-electron chi connectivity index (χ2n) is 8.90. The van der Waals surface area contributed by atoms with Gasteiger partial charge in [-0.15, -0.1) is 11.3 Å². The van der Waals surface area contributed by atoms with E-state index in [4.69, 9.17) is 26.3 Å². The van der Waals surface area contributed by atoms with Crippen LogP contribution in [0.4, 0.5) is 5.95 Å². The van der Waals surface area contributed by atoms with Gasteiger partial charge < -0.3 is 10.1 Å². The molecular weight excluding hydrogens is 456 g/mol. The zero-order chi connectivity index (χ0) is 23.1. The van der Waals surface area contributed by atoms with E-state index in [-0.39, 0.29) is 5.56 Å². The largest absolute Gasteiger partial charge is 0.383 e. The topological polar surface area (TPSA) is 69.0 Å². The molecule has 1 aliphatic rings. The van der Waals surface area contributed by atoms with Crippen molar-refractivity contribution in [2.45, 2.75) is 39.5 Å². The molecule has 0 bridgehead atoms. The molecule has 4 aromatic rings. The maximum Gasteiger partial charge on any atom is 0.277 e. The Balaban J connectivity index is 1.80. The number of aryl methyl sites for hydroxylation is 1. The predicted molar refractivity (Wildman–Crippen MR) is 136 cm³/mol. The Morgan fingerprint density at radius 1 is 1.24 bits per heavy atom. The summed E-state index contributed by atoms with van der Waals surface area (Å²) < 4.78 is 7.44. The van der Waals surface area contributed by atoms with Gasteiger partial charge in [-0.05, 0) is 60.9 Å². The smallest absolute Gasteiger partial charge is 0.277 e. The third-order valence-electron chi connectivity index (χ3n) is 6.05. The SMILES string of the molecule is COCCNc1nc2c(sc3nc(CC(C)C)c4c(c32)CCC4)c(=O)n1-c1cccc(Cl)c1. The van der Waals surface area contributed by atoms with E-state index < -0.39 is 0 Å². The van der Waals surface area contributed by atoms with Gasteiger partial charge in [0.15, 0.2) is 0 Å². The third kappa shape index (κ3) is 4.03. The van der Waals surface area contributed by atoms with Gasteiger partial charge in [0.2, 0.25) is 5.95 Å². The Hall–Kier alpha value is -2.48. The molecular formula is C25H27ClN4O2S. The number of benzene rings is 1. The van der Waals surface area contributed by atoms with E-state index in [1.807, 2.05) is 12.1 Å². The molecule has 0 saturated carbocycles. The number of halogens is 1. The van der Waals surface area contributed by atoms with Crippen molar-refractivity contribution >= 4 is 49.3 Å². The fourth-order valence-electron chi connectivity index (χ4n) is 4.69. The van der Waals surface area contributed by atoms with Gasteiger partial charge in [-0.2, -0.15) is 0 Å². The van der Waals surface area contributed by atoms with Gasteiger partial charge in [0.05, 0.1) is 12.3 Å². The van der Waals surface area contributed by atoms with Gasteiger partial charge >= 0.3 is 0 Å². The lowest BCUT2D eigenvalue weighted by atomic mass is 9.99. The van der Waals surface area contributed by atoms with Crippen LogP contribution in [0.15, 0.2) is 29.1 Å². The van der Waals surface area contributed by atoms with Crippen LogP contribution in [0, 0.1) is 5.92 Å². The van der Waals surface area contributed by atoms with E-state index >= 15 is 0 Å². The molecule has 0 spiro atoms. The lowest BCUT2D eigenvalue weighted by Gasteiger charge is -2.14. The lowest BCUT2D eigenvalue weighted by Crippen LogP contribution is -2.24. The van der Waals surface area contributed by atoms with Crippen LogP contribution in [-0.2, 0) is 24.0 Å². The summed E-state index contributed by atoms with van der Waals surface area (Å²) in [5.74, 6) is 1.02. The molecule has 3 aromatic heterocycles. The number of hydrogen-bond acceptors (Lipinski definition) is 6. The first-order valence-corrected chi connectivity index (χ1v) is 12.6. The number of aromatic nitrogens is 3. The highest BCUT2D eigenvalue weighted by Gasteiger charge is 2.26. The van der Waals surface area contributed by atoms with Crippen LogP contribution in [0.1, 0.15) is 37.1 Å². The van der Waals surface area contributed by atoms with E-state index in [0.717, 1.165) is 41.4 Å². The number of pyridine rings is 1. The zero-order valence-electron chi connectivity index (χ0n) is 19.1. The van der Waals surface area contributed by atoms with Crippen molar-refractivity contribution in [3.8, 4) is 5.69 Å². The summed E-state index contributed by atoms with van der Waals surface area (Å²) in [6, 6.07) is 7.28. The maximum absolute atomic E-state index is 13.8. The van der Waals surface area contributed by atoms with Gasteiger partial charge in [0, 0.05) is 29.8 Å². The Morgan fingerprint density at radius 2 is 2.06 bits per heavy atom. The van der Waals surface area contributed by atoms with Crippen molar-refractivity contribution in [2.75, 3.05) is 25.6 Å². The molecule has 3 heterocycles. The molecule has 0 amide bonds. The molecule has 0 radical (unpaired) electrons. The fraction of sp³-hybridized carbons (Fsp3) is 0.400. The average molecular weight is 483 g/mol. The summed E-state index contributed by atoms with van der Waals surface area (Å²) in [4.78, 5) is 24.8. The first-order valence-electron chi connectivity index (χ1n) is 11.4. The monoisotopic (exact) mass is 482 g/mol. The number of hydrogen-bond donors (Lipinski definition) is 1. The van der Waals surface area contributed by atoms with Crippen molar-refractivity contribution in [1.82, 2.24) is 14.5 Å². The average Bonchev–Trinajstić information content (AvgIpc) is 3.39. The normalized spacial score (nSPS) is 13.4. The van der Waals surface area contributed by atoms with Crippen LogP contribution in [0.3, 0.4) is 0 Å². The Labute approximate surface area is 201 Å². The van der Waals surface area contributed by atoms with Crippen LogP contribution in [0.25, 0.3) is 26.1 Å². The summed E-state index contributed by atoms with van der Waals surface area (Å²) in [6.07, 6.45) is 4.14. The fourth-order valence-corrected chi connectivity index (χ4v) is 5.97. The minimum absolute atomic E-state index is 0.109. The molecule has 1 aromatic carbocycles. The van der Waals surface area contributed by atoms with E-state index in [1.165, 1.54) is 28.2 Å². The summed E-state index contributed by atoms with van der Waals surface area (Å²) in [5, 5.41) is 4.91. The quantitative estimate of drug-likeness (QED) is 0.357. The van der Waals surface area contributed by atoms with Gasteiger partial charge in [0.1, 0.15) is 15.0 Å². The number of ether oxygens (including phenoxy) is 1. The molecule has 0 unspecified atom stereocenters. The third-order valence-corrected chi connectivity index (χ3v) is 7.35. The maximum atomic E-state index is 13.8. The number of fused-ring (bicyclic) bond motifs is 5. The van der Waals surface area contributed by atoms with Crippen molar-refractivity contribution in [2.24, 2.45) is 5.92 Å². The molecule has 172 valence electrons. The van der Waals surface area contributed by atoms with Crippen LogP contribution in [-0.4, -0.2) is 34.8 Å². The molecule has 1 N–H and O–H groups in total. The summed E-state index contributed by atoms with van der Waals surface area (Å²) in [5.41, 5.74) is 5.20.